The molecular formula is C14H23N3O. The smallest absolute Gasteiger partial charge is 0.124 e. The van der Waals surface area contributed by atoms with Crippen LogP contribution in [-0.4, -0.2) is 26.0 Å². The first-order valence-electron chi connectivity index (χ1n) is 6.41. The Balaban J connectivity index is 3.11. The van der Waals surface area contributed by atoms with Gasteiger partial charge in [-0.25, -0.2) is 0 Å². The Kier molecular flexibility index (Phi) is 5.49. The highest BCUT2D eigenvalue weighted by Gasteiger charge is 2.12. The Morgan fingerprint density at radius 3 is 2.61 bits per heavy atom. The first-order chi connectivity index (χ1) is 8.63. The zero-order valence-electron chi connectivity index (χ0n) is 11.5. The summed E-state index contributed by atoms with van der Waals surface area (Å²) in [6, 6.07) is 5.65. The van der Waals surface area contributed by atoms with Gasteiger partial charge in [0.05, 0.1) is 12.8 Å². The van der Waals surface area contributed by atoms with Gasteiger partial charge in [0.15, 0.2) is 0 Å². The molecule has 18 heavy (non-hydrogen) atoms. The minimum atomic E-state index is 0.0996. The molecule has 0 heterocycles. The molecule has 0 aromatic heterocycles. The van der Waals surface area contributed by atoms with Gasteiger partial charge in [-0.15, -0.1) is 0 Å². The molecule has 0 aliphatic carbocycles. The van der Waals surface area contributed by atoms with Crippen LogP contribution in [0.1, 0.15) is 32.3 Å². The van der Waals surface area contributed by atoms with Crippen molar-refractivity contribution in [2.45, 2.75) is 26.7 Å². The number of unbranched alkanes of at least 4 members (excludes halogenated alkanes) is 1. The molecule has 0 aliphatic heterocycles. The van der Waals surface area contributed by atoms with Crippen LogP contribution in [0.5, 0.6) is 5.75 Å². The van der Waals surface area contributed by atoms with Crippen molar-refractivity contribution in [3.05, 3.63) is 23.8 Å². The van der Waals surface area contributed by atoms with Gasteiger partial charge < -0.3 is 15.4 Å². The number of nitrogens with zero attached hydrogens (tertiary/aromatic N) is 1. The molecule has 0 radical (unpaired) electrons. The number of amidine groups is 1. The van der Waals surface area contributed by atoms with Crippen molar-refractivity contribution in [2.75, 3.05) is 25.1 Å². The van der Waals surface area contributed by atoms with Gasteiger partial charge in [-0.1, -0.05) is 13.3 Å². The standard InChI is InChI=1S/C14H23N3O/c1-4-6-9-17(5-2)13-10-11(18-3)7-8-12(13)14(15)16/h7-8,10H,4-6,9H2,1-3H3,(H3,15,16). The third-order valence-corrected chi connectivity index (χ3v) is 3.00. The molecule has 3 N–H and O–H groups in total. The summed E-state index contributed by atoms with van der Waals surface area (Å²) >= 11 is 0. The number of nitrogen functional groups attached to an aromatic ring is 1. The molecule has 0 amide bonds. The van der Waals surface area contributed by atoms with Crippen molar-refractivity contribution in [3.8, 4) is 5.75 Å². The number of hydrogen-bond donors (Lipinski definition) is 2. The maximum absolute atomic E-state index is 7.66. The molecule has 0 fully saturated rings. The second-order valence-electron chi connectivity index (χ2n) is 4.23. The number of rotatable bonds is 7. The molecule has 1 aromatic carbocycles. The van der Waals surface area contributed by atoms with Gasteiger partial charge >= 0.3 is 0 Å². The monoisotopic (exact) mass is 249 g/mol. The highest BCUT2D eigenvalue weighted by Crippen LogP contribution is 2.26. The summed E-state index contributed by atoms with van der Waals surface area (Å²) < 4.78 is 5.25. The van der Waals surface area contributed by atoms with Gasteiger partial charge in [0.25, 0.3) is 0 Å². The topological polar surface area (TPSA) is 62.3 Å². The van der Waals surface area contributed by atoms with Crippen molar-refractivity contribution in [3.63, 3.8) is 0 Å². The van der Waals surface area contributed by atoms with Crippen molar-refractivity contribution in [1.29, 1.82) is 5.41 Å². The normalized spacial score (nSPS) is 10.2. The van der Waals surface area contributed by atoms with Crippen molar-refractivity contribution < 1.29 is 4.74 Å². The van der Waals surface area contributed by atoms with Gasteiger partial charge in [0.1, 0.15) is 11.6 Å². The Bertz CT molecular complexity index is 404. The highest BCUT2D eigenvalue weighted by atomic mass is 16.5. The van der Waals surface area contributed by atoms with E-state index in [9.17, 15) is 0 Å². The minimum Gasteiger partial charge on any atom is -0.497 e. The van der Waals surface area contributed by atoms with E-state index in [1.807, 2.05) is 18.2 Å². The molecule has 1 aromatic rings. The second-order valence-corrected chi connectivity index (χ2v) is 4.23. The maximum atomic E-state index is 7.66. The third-order valence-electron chi connectivity index (χ3n) is 3.00. The number of benzene rings is 1. The average Bonchev–Trinajstić information content (AvgIpc) is 2.39. The molecule has 4 nitrogen and oxygen atoms in total. The summed E-state index contributed by atoms with van der Waals surface area (Å²) in [4.78, 5) is 2.24. The molecule has 0 atom stereocenters. The van der Waals surface area contributed by atoms with Gasteiger partial charge in [-0.05, 0) is 25.5 Å². The molecular weight excluding hydrogens is 226 g/mol. The number of methoxy groups -OCH3 is 1. The first kappa shape index (κ1) is 14.4. The number of anilines is 1. The lowest BCUT2D eigenvalue weighted by Crippen LogP contribution is -2.27. The molecule has 0 saturated carbocycles. The number of hydrogen-bond acceptors (Lipinski definition) is 3. The van der Waals surface area contributed by atoms with Gasteiger partial charge in [-0.3, -0.25) is 5.41 Å². The average molecular weight is 249 g/mol. The van der Waals surface area contributed by atoms with E-state index < -0.39 is 0 Å². The van der Waals surface area contributed by atoms with E-state index in [1.165, 1.54) is 0 Å². The van der Waals surface area contributed by atoms with E-state index in [0.717, 1.165) is 42.9 Å². The second kappa shape index (κ2) is 6.89. The molecule has 4 heteroatoms. The number of ether oxygens (including phenoxy) is 1. The SMILES string of the molecule is CCCCN(CC)c1cc(OC)ccc1C(=N)N. The van der Waals surface area contributed by atoms with E-state index in [0.29, 0.717) is 0 Å². The van der Waals surface area contributed by atoms with E-state index >= 15 is 0 Å². The molecule has 0 spiro atoms. The molecule has 0 unspecified atom stereocenters. The van der Waals surface area contributed by atoms with Gasteiger partial charge in [0.2, 0.25) is 0 Å². The summed E-state index contributed by atoms with van der Waals surface area (Å²) in [5, 5.41) is 7.66. The number of nitrogens with one attached hydrogen (secondary N) is 1. The van der Waals surface area contributed by atoms with Crippen LogP contribution in [0.3, 0.4) is 0 Å². The van der Waals surface area contributed by atoms with Crippen molar-refractivity contribution in [1.82, 2.24) is 0 Å². The summed E-state index contributed by atoms with van der Waals surface area (Å²) in [6.07, 6.45) is 2.28. The summed E-state index contributed by atoms with van der Waals surface area (Å²) in [7, 11) is 1.65. The van der Waals surface area contributed by atoms with E-state index in [1.54, 1.807) is 7.11 Å². The highest BCUT2D eigenvalue weighted by molar-refractivity contribution is 6.00. The molecule has 0 saturated heterocycles. The van der Waals surface area contributed by atoms with Crippen molar-refractivity contribution in [2.24, 2.45) is 5.73 Å². The first-order valence-corrected chi connectivity index (χ1v) is 6.41. The molecule has 1 rings (SSSR count). The Morgan fingerprint density at radius 2 is 2.11 bits per heavy atom. The Morgan fingerprint density at radius 1 is 1.39 bits per heavy atom. The predicted molar refractivity (Wildman–Crippen MR) is 76.8 cm³/mol. The van der Waals surface area contributed by atoms with Crippen LogP contribution in [-0.2, 0) is 0 Å². The maximum Gasteiger partial charge on any atom is 0.124 e. The van der Waals surface area contributed by atoms with Crippen molar-refractivity contribution >= 4 is 11.5 Å². The van der Waals surface area contributed by atoms with Gasteiger partial charge in [-0.2, -0.15) is 0 Å². The zero-order chi connectivity index (χ0) is 13.5. The molecule has 100 valence electrons. The number of nitrogens with two attached hydrogens (primary N) is 1. The molecule has 0 bridgehead atoms. The predicted octanol–water partition coefficient (Wildman–Crippen LogP) is 2.61. The zero-order valence-corrected chi connectivity index (χ0v) is 11.5. The van der Waals surface area contributed by atoms with Crippen LogP contribution in [0.15, 0.2) is 18.2 Å². The largest absolute Gasteiger partial charge is 0.497 e. The fourth-order valence-corrected chi connectivity index (χ4v) is 1.93. The van der Waals surface area contributed by atoms with Crippen LogP contribution in [0.2, 0.25) is 0 Å². The summed E-state index contributed by atoms with van der Waals surface area (Å²) in [5.74, 6) is 0.896. The molecule has 0 aliphatic rings. The third kappa shape index (κ3) is 3.39. The van der Waals surface area contributed by atoms with Crippen LogP contribution >= 0.6 is 0 Å². The quantitative estimate of drug-likeness (QED) is 0.577. The van der Waals surface area contributed by atoms with Crippen LogP contribution in [0, 0.1) is 5.41 Å². The minimum absolute atomic E-state index is 0.0996. The lowest BCUT2D eigenvalue weighted by Gasteiger charge is -2.25. The van der Waals surface area contributed by atoms with E-state index in [-0.39, 0.29) is 5.84 Å². The Labute approximate surface area is 109 Å². The fraction of sp³-hybridized carbons (Fsp3) is 0.500. The lowest BCUT2D eigenvalue weighted by atomic mass is 10.1. The van der Waals surface area contributed by atoms with Crippen LogP contribution in [0.4, 0.5) is 5.69 Å². The van der Waals surface area contributed by atoms with Crippen LogP contribution in [0.25, 0.3) is 0 Å². The summed E-state index contributed by atoms with van der Waals surface area (Å²) in [6.45, 7) is 6.15. The van der Waals surface area contributed by atoms with E-state index in [2.05, 4.69) is 18.7 Å². The fourth-order valence-electron chi connectivity index (χ4n) is 1.93. The summed E-state index contributed by atoms with van der Waals surface area (Å²) in [5.41, 5.74) is 7.40. The van der Waals surface area contributed by atoms with Gasteiger partial charge in [0, 0.05) is 24.7 Å². The lowest BCUT2D eigenvalue weighted by molar-refractivity contribution is 0.414. The van der Waals surface area contributed by atoms with Crippen LogP contribution < -0.4 is 15.4 Å². The van der Waals surface area contributed by atoms with E-state index in [4.69, 9.17) is 15.9 Å². The Hall–Kier alpha value is -1.71.